The lowest BCUT2D eigenvalue weighted by Gasteiger charge is -2.26. The minimum atomic E-state index is -0.601. The summed E-state index contributed by atoms with van der Waals surface area (Å²) in [5, 5.41) is 8.74. The third kappa shape index (κ3) is 3.09. The number of carbonyl (C=O) groups is 2. The van der Waals surface area contributed by atoms with Gasteiger partial charge in [-0.3, -0.25) is 14.8 Å². The highest BCUT2D eigenvalue weighted by Crippen LogP contribution is 2.27. The maximum absolute atomic E-state index is 12.8. The molecule has 1 aliphatic rings. The average molecular weight is 326 g/mol. The van der Waals surface area contributed by atoms with Crippen molar-refractivity contribution in [3.8, 4) is 5.75 Å². The van der Waals surface area contributed by atoms with Gasteiger partial charge in [-0.05, 0) is 31.2 Å². The number of benzene rings is 2. The number of hydrogen-bond donors (Lipinski definition) is 2. The van der Waals surface area contributed by atoms with Crippen LogP contribution in [0.3, 0.4) is 0 Å². The van der Waals surface area contributed by atoms with E-state index in [1.165, 1.54) is 0 Å². The van der Waals surface area contributed by atoms with Crippen LogP contribution in [0.4, 0.5) is 0 Å². The molecule has 24 heavy (non-hydrogen) atoms. The molecule has 0 saturated heterocycles. The second-order valence-corrected chi connectivity index (χ2v) is 5.72. The highest BCUT2D eigenvalue weighted by molar-refractivity contribution is 5.95. The topological polar surface area (TPSA) is 78.9 Å². The number of hydrogen-bond acceptors (Lipinski definition) is 4. The Kier molecular flexibility index (Phi) is 4.48. The highest BCUT2D eigenvalue weighted by atomic mass is 16.5. The second-order valence-electron chi connectivity index (χ2n) is 5.72. The number of amides is 2. The molecule has 0 radical (unpaired) electrons. The predicted molar refractivity (Wildman–Crippen MR) is 87.0 cm³/mol. The second kappa shape index (κ2) is 6.72. The Bertz CT molecular complexity index is 761. The molecule has 0 saturated carbocycles. The Morgan fingerprint density at radius 1 is 1.17 bits per heavy atom. The molecule has 1 aliphatic heterocycles. The van der Waals surface area contributed by atoms with Gasteiger partial charge in [0.05, 0.1) is 12.6 Å². The first-order valence-electron chi connectivity index (χ1n) is 7.66. The van der Waals surface area contributed by atoms with Crippen LogP contribution >= 0.6 is 0 Å². The molecule has 6 heteroatoms. The smallest absolute Gasteiger partial charge is 0.274 e. The molecule has 0 aromatic heterocycles. The number of nitrogens with zero attached hydrogens (tertiary/aromatic N) is 1. The molecule has 0 unspecified atom stereocenters. The fourth-order valence-corrected chi connectivity index (χ4v) is 2.68. The summed E-state index contributed by atoms with van der Waals surface area (Å²) < 4.78 is 5.76. The Morgan fingerprint density at radius 2 is 1.92 bits per heavy atom. The minimum absolute atomic E-state index is 0.0586. The Labute approximate surface area is 139 Å². The van der Waals surface area contributed by atoms with Gasteiger partial charge in [0, 0.05) is 16.7 Å². The van der Waals surface area contributed by atoms with Crippen LogP contribution in [0.2, 0.25) is 0 Å². The lowest BCUT2D eigenvalue weighted by atomic mass is 10.1. The Balaban J connectivity index is 1.89. The average Bonchev–Trinajstić information content (AvgIpc) is 2.80. The molecule has 0 aliphatic carbocycles. The van der Waals surface area contributed by atoms with Gasteiger partial charge >= 0.3 is 0 Å². The molecular formula is C18H18N2O4. The molecule has 2 aromatic carbocycles. The number of carbonyl (C=O) groups excluding carboxylic acids is 2. The van der Waals surface area contributed by atoms with Crippen molar-refractivity contribution in [2.24, 2.45) is 0 Å². The summed E-state index contributed by atoms with van der Waals surface area (Å²) in [6.07, 6.45) is 0. The molecule has 1 atom stereocenters. The van der Waals surface area contributed by atoms with Crippen molar-refractivity contribution in [3.63, 3.8) is 0 Å². The van der Waals surface area contributed by atoms with E-state index in [-0.39, 0.29) is 11.9 Å². The zero-order valence-electron chi connectivity index (χ0n) is 13.2. The van der Waals surface area contributed by atoms with Crippen molar-refractivity contribution in [1.29, 1.82) is 0 Å². The normalized spacial score (nSPS) is 16.6. The van der Waals surface area contributed by atoms with E-state index >= 15 is 0 Å². The van der Waals surface area contributed by atoms with Crippen LogP contribution < -0.4 is 10.2 Å². The number of fused-ring (bicyclic) bond motifs is 1. The van der Waals surface area contributed by atoms with E-state index in [2.05, 4.69) is 0 Å². The summed E-state index contributed by atoms with van der Waals surface area (Å²) in [6, 6.07) is 13.9. The summed E-state index contributed by atoms with van der Waals surface area (Å²) in [5.74, 6) is -0.112. The molecule has 1 heterocycles. The molecule has 124 valence electrons. The molecule has 2 N–H and O–H groups in total. The summed E-state index contributed by atoms with van der Waals surface area (Å²) in [6.45, 7) is 2.65. The maximum atomic E-state index is 12.8. The molecule has 6 nitrogen and oxygen atoms in total. The Hall–Kier alpha value is -2.86. The van der Waals surface area contributed by atoms with Crippen LogP contribution in [0.25, 0.3) is 0 Å². The van der Waals surface area contributed by atoms with Crippen LogP contribution in [0.1, 0.15) is 33.2 Å². The molecule has 3 rings (SSSR count). The van der Waals surface area contributed by atoms with Crippen molar-refractivity contribution in [3.05, 3.63) is 65.2 Å². The quantitative estimate of drug-likeness (QED) is 0.655. The van der Waals surface area contributed by atoms with Crippen molar-refractivity contribution in [2.45, 2.75) is 19.5 Å². The van der Waals surface area contributed by atoms with E-state index in [4.69, 9.17) is 9.94 Å². The van der Waals surface area contributed by atoms with Crippen molar-refractivity contribution >= 4 is 11.8 Å². The number of ether oxygens (including phenoxy) is 1. The van der Waals surface area contributed by atoms with Crippen molar-refractivity contribution in [1.82, 2.24) is 10.4 Å². The largest absolute Gasteiger partial charge is 0.491 e. The summed E-state index contributed by atoms with van der Waals surface area (Å²) >= 11 is 0. The molecule has 0 bridgehead atoms. The molecule has 0 spiro atoms. The van der Waals surface area contributed by atoms with Gasteiger partial charge in [0.15, 0.2) is 0 Å². The van der Waals surface area contributed by atoms with E-state index in [0.717, 1.165) is 5.56 Å². The van der Waals surface area contributed by atoms with Gasteiger partial charge in [-0.15, -0.1) is 0 Å². The predicted octanol–water partition coefficient (Wildman–Crippen LogP) is 2.23. The van der Waals surface area contributed by atoms with Crippen molar-refractivity contribution in [2.75, 3.05) is 6.61 Å². The van der Waals surface area contributed by atoms with Crippen LogP contribution in [-0.2, 0) is 6.54 Å². The summed E-state index contributed by atoms with van der Waals surface area (Å²) in [7, 11) is 0. The molecular weight excluding hydrogens is 308 g/mol. The fraction of sp³-hybridized carbons (Fsp3) is 0.222. The molecule has 0 fully saturated rings. The third-order valence-electron chi connectivity index (χ3n) is 4.07. The minimum Gasteiger partial charge on any atom is -0.491 e. The van der Waals surface area contributed by atoms with Crippen LogP contribution in [0.15, 0.2) is 48.5 Å². The lowest BCUT2D eigenvalue weighted by Crippen LogP contribution is -2.39. The molecule has 2 amide bonds. The number of rotatable bonds is 2. The number of hydroxylamine groups is 1. The monoisotopic (exact) mass is 326 g/mol. The van der Waals surface area contributed by atoms with Gasteiger partial charge in [-0.1, -0.05) is 24.3 Å². The van der Waals surface area contributed by atoms with E-state index < -0.39 is 5.91 Å². The first kappa shape index (κ1) is 16.0. The van der Waals surface area contributed by atoms with Crippen LogP contribution in [-0.4, -0.2) is 34.6 Å². The van der Waals surface area contributed by atoms with Gasteiger partial charge in [0.25, 0.3) is 11.8 Å². The van der Waals surface area contributed by atoms with Crippen LogP contribution in [0.5, 0.6) is 5.75 Å². The third-order valence-corrected chi connectivity index (χ3v) is 4.07. The van der Waals surface area contributed by atoms with Crippen molar-refractivity contribution < 1.29 is 19.5 Å². The zero-order chi connectivity index (χ0) is 17.1. The zero-order valence-corrected chi connectivity index (χ0v) is 13.2. The van der Waals surface area contributed by atoms with Gasteiger partial charge in [-0.2, -0.15) is 0 Å². The van der Waals surface area contributed by atoms with E-state index in [0.29, 0.717) is 30.0 Å². The fourth-order valence-electron chi connectivity index (χ4n) is 2.68. The lowest BCUT2D eigenvalue weighted by molar-refractivity contribution is 0.0645. The summed E-state index contributed by atoms with van der Waals surface area (Å²) in [5.41, 5.74) is 3.35. The van der Waals surface area contributed by atoms with Gasteiger partial charge in [-0.25, -0.2) is 5.48 Å². The van der Waals surface area contributed by atoms with Gasteiger partial charge in [0.2, 0.25) is 0 Å². The first-order valence-corrected chi connectivity index (χ1v) is 7.66. The Morgan fingerprint density at radius 3 is 2.62 bits per heavy atom. The van der Waals surface area contributed by atoms with E-state index in [1.54, 1.807) is 40.7 Å². The van der Waals surface area contributed by atoms with Gasteiger partial charge in [0.1, 0.15) is 12.4 Å². The maximum Gasteiger partial charge on any atom is 0.274 e. The van der Waals surface area contributed by atoms with Crippen LogP contribution in [0, 0.1) is 0 Å². The van der Waals surface area contributed by atoms with Gasteiger partial charge < -0.3 is 9.64 Å². The number of nitrogens with one attached hydrogen (secondary N) is 1. The SMILES string of the molecule is C[C@H]1COc2cc(C(=O)NO)ccc2CN1C(=O)c1ccccc1. The van der Waals surface area contributed by atoms with E-state index in [9.17, 15) is 9.59 Å². The standard InChI is InChI=1S/C18H18N2O4/c1-12-11-24-16-9-14(17(21)19-23)7-8-15(16)10-20(12)18(22)13-5-3-2-4-6-13/h2-9,12,23H,10-11H2,1H3,(H,19,21)/t12-/m0/s1. The molecule has 2 aromatic rings. The highest BCUT2D eigenvalue weighted by Gasteiger charge is 2.27. The summed E-state index contributed by atoms with van der Waals surface area (Å²) in [4.78, 5) is 26.1. The van der Waals surface area contributed by atoms with E-state index in [1.807, 2.05) is 25.1 Å². The first-order chi connectivity index (χ1) is 11.6.